The Morgan fingerprint density at radius 2 is 2.05 bits per heavy atom. The second-order valence-electron chi connectivity index (χ2n) is 4.70. The van der Waals surface area contributed by atoms with E-state index in [0.29, 0.717) is 11.6 Å². The van der Waals surface area contributed by atoms with Gasteiger partial charge in [-0.05, 0) is 24.6 Å². The molecule has 1 aromatic heterocycles. The molecule has 0 bridgehead atoms. The Morgan fingerprint density at radius 3 is 2.85 bits per heavy atom. The van der Waals surface area contributed by atoms with Crippen LogP contribution in [0.4, 0.5) is 5.13 Å². The van der Waals surface area contributed by atoms with Crippen LogP contribution in [0.15, 0.2) is 48.5 Å². The summed E-state index contributed by atoms with van der Waals surface area (Å²) in [5.41, 5.74) is 3.10. The Bertz CT molecular complexity index is 731. The third-order valence-corrected chi connectivity index (χ3v) is 3.94. The summed E-state index contributed by atoms with van der Waals surface area (Å²) in [5, 5.41) is 3.52. The molecule has 20 heavy (non-hydrogen) atoms. The van der Waals surface area contributed by atoms with Crippen molar-refractivity contribution >= 4 is 32.6 Å². The van der Waals surface area contributed by atoms with E-state index in [2.05, 4.69) is 10.3 Å². The van der Waals surface area contributed by atoms with Crippen LogP contribution in [-0.2, 0) is 11.2 Å². The van der Waals surface area contributed by atoms with Crippen molar-refractivity contribution in [3.63, 3.8) is 0 Å². The summed E-state index contributed by atoms with van der Waals surface area (Å²) in [5.74, 6) is -0.0327. The molecule has 0 saturated carbocycles. The summed E-state index contributed by atoms with van der Waals surface area (Å²) in [7, 11) is 0. The number of hydrogen-bond donors (Lipinski definition) is 1. The van der Waals surface area contributed by atoms with Gasteiger partial charge in [-0.25, -0.2) is 4.98 Å². The fourth-order valence-corrected chi connectivity index (χ4v) is 2.98. The number of benzene rings is 2. The topological polar surface area (TPSA) is 42.0 Å². The molecular formula is C16H14N2OS. The Labute approximate surface area is 121 Å². The molecule has 0 aliphatic rings. The number of nitrogens with one attached hydrogen (secondary N) is 1. The third kappa shape index (κ3) is 2.86. The van der Waals surface area contributed by atoms with Crippen molar-refractivity contribution in [3.05, 3.63) is 59.7 Å². The molecule has 4 heteroatoms. The lowest BCUT2D eigenvalue weighted by Crippen LogP contribution is -2.14. The lowest BCUT2D eigenvalue weighted by Gasteiger charge is -2.02. The lowest BCUT2D eigenvalue weighted by atomic mass is 10.1. The number of aryl methyl sites for hydroxylation is 1. The minimum atomic E-state index is -0.0327. The van der Waals surface area contributed by atoms with Crippen molar-refractivity contribution in [1.29, 1.82) is 0 Å². The van der Waals surface area contributed by atoms with Gasteiger partial charge >= 0.3 is 0 Å². The summed E-state index contributed by atoms with van der Waals surface area (Å²) in [4.78, 5) is 16.4. The second-order valence-corrected chi connectivity index (χ2v) is 5.73. The fraction of sp³-hybridized carbons (Fsp3) is 0.125. The Morgan fingerprint density at radius 1 is 1.20 bits per heavy atom. The monoisotopic (exact) mass is 282 g/mol. The van der Waals surface area contributed by atoms with E-state index in [0.717, 1.165) is 21.3 Å². The molecule has 3 aromatic rings. The van der Waals surface area contributed by atoms with Crippen LogP contribution in [0.25, 0.3) is 10.2 Å². The maximum Gasteiger partial charge on any atom is 0.230 e. The highest BCUT2D eigenvalue weighted by molar-refractivity contribution is 7.22. The van der Waals surface area contributed by atoms with Crippen molar-refractivity contribution < 1.29 is 4.79 Å². The molecule has 0 aliphatic heterocycles. The molecule has 0 atom stereocenters. The first-order valence-corrected chi connectivity index (χ1v) is 7.23. The molecule has 3 nitrogen and oxygen atoms in total. The van der Waals surface area contributed by atoms with Crippen molar-refractivity contribution in [3.8, 4) is 0 Å². The van der Waals surface area contributed by atoms with Gasteiger partial charge in [0.25, 0.3) is 0 Å². The van der Waals surface area contributed by atoms with Crippen LogP contribution in [0.3, 0.4) is 0 Å². The zero-order valence-electron chi connectivity index (χ0n) is 11.1. The molecule has 0 spiro atoms. The summed E-state index contributed by atoms with van der Waals surface area (Å²) in [6.45, 7) is 2.02. The average molecular weight is 282 g/mol. The van der Waals surface area contributed by atoms with Crippen LogP contribution < -0.4 is 5.32 Å². The molecule has 1 N–H and O–H groups in total. The Kier molecular flexibility index (Phi) is 3.48. The fourth-order valence-electron chi connectivity index (χ4n) is 2.10. The third-order valence-electron chi connectivity index (χ3n) is 2.99. The van der Waals surface area contributed by atoms with E-state index in [-0.39, 0.29) is 5.91 Å². The minimum absolute atomic E-state index is 0.0327. The molecule has 3 rings (SSSR count). The van der Waals surface area contributed by atoms with Crippen LogP contribution in [-0.4, -0.2) is 10.9 Å². The molecule has 2 aromatic carbocycles. The first-order valence-electron chi connectivity index (χ1n) is 6.42. The van der Waals surface area contributed by atoms with Crippen LogP contribution in [0.5, 0.6) is 0 Å². The summed E-state index contributed by atoms with van der Waals surface area (Å²) >= 11 is 1.50. The molecule has 0 unspecified atom stereocenters. The van der Waals surface area contributed by atoms with Crippen LogP contribution in [0.1, 0.15) is 11.1 Å². The maximum atomic E-state index is 12.0. The molecule has 0 aliphatic carbocycles. The largest absolute Gasteiger partial charge is 0.302 e. The van der Waals surface area contributed by atoms with Gasteiger partial charge in [0.1, 0.15) is 0 Å². The molecule has 0 radical (unpaired) electrons. The summed E-state index contributed by atoms with van der Waals surface area (Å²) in [6.07, 6.45) is 0.373. The first kappa shape index (κ1) is 12.8. The van der Waals surface area contributed by atoms with Crippen LogP contribution in [0.2, 0.25) is 0 Å². The molecule has 0 saturated heterocycles. The predicted molar refractivity (Wildman–Crippen MR) is 83.1 cm³/mol. The number of rotatable bonds is 3. The van der Waals surface area contributed by atoms with Crippen LogP contribution >= 0.6 is 11.3 Å². The van der Waals surface area contributed by atoms with Gasteiger partial charge in [-0.2, -0.15) is 0 Å². The number of hydrogen-bond acceptors (Lipinski definition) is 3. The van der Waals surface area contributed by atoms with E-state index in [4.69, 9.17) is 0 Å². The van der Waals surface area contributed by atoms with Gasteiger partial charge in [-0.3, -0.25) is 4.79 Å². The van der Waals surface area contributed by atoms with Crippen LogP contribution in [0, 0.1) is 6.92 Å². The van der Waals surface area contributed by atoms with Crippen molar-refractivity contribution in [2.75, 3.05) is 5.32 Å². The average Bonchev–Trinajstić information content (AvgIpc) is 2.80. The number of anilines is 1. The van der Waals surface area contributed by atoms with Gasteiger partial charge in [-0.1, -0.05) is 53.3 Å². The maximum absolute atomic E-state index is 12.0. The zero-order chi connectivity index (χ0) is 13.9. The predicted octanol–water partition coefficient (Wildman–Crippen LogP) is 3.79. The number of carbonyl (C=O) groups excluding carboxylic acids is 1. The van der Waals surface area contributed by atoms with Crippen molar-refractivity contribution in [2.45, 2.75) is 13.3 Å². The van der Waals surface area contributed by atoms with Crippen molar-refractivity contribution in [1.82, 2.24) is 4.98 Å². The smallest absolute Gasteiger partial charge is 0.230 e. The Hall–Kier alpha value is -2.20. The number of aromatic nitrogens is 1. The molecule has 1 amide bonds. The number of para-hydroxylation sites is 1. The summed E-state index contributed by atoms with van der Waals surface area (Å²) in [6, 6.07) is 15.8. The lowest BCUT2D eigenvalue weighted by molar-refractivity contribution is -0.115. The van der Waals surface area contributed by atoms with Gasteiger partial charge in [0.2, 0.25) is 5.91 Å². The zero-order valence-corrected chi connectivity index (χ0v) is 11.9. The van der Waals surface area contributed by atoms with Gasteiger partial charge in [0.05, 0.1) is 16.6 Å². The molecule has 100 valence electrons. The second kappa shape index (κ2) is 5.43. The van der Waals surface area contributed by atoms with Gasteiger partial charge < -0.3 is 5.32 Å². The first-order chi connectivity index (χ1) is 9.70. The highest BCUT2D eigenvalue weighted by atomic mass is 32.1. The number of thiazole rings is 1. The minimum Gasteiger partial charge on any atom is -0.302 e. The molecule has 1 heterocycles. The van der Waals surface area contributed by atoms with E-state index < -0.39 is 0 Å². The van der Waals surface area contributed by atoms with E-state index in [1.54, 1.807) is 0 Å². The summed E-state index contributed by atoms with van der Waals surface area (Å²) < 4.78 is 1.08. The Balaban J connectivity index is 1.72. The van der Waals surface area contributed by atoms with E-state index in [1.807, 2.05) is 55.5 Å². The van der Waals surface area contributed by atoms with Gasteiger partial charge in [0, 0.05) is 0 Å². The SMILES string of the molecule is Cc1cccc(CC(=O)Nc2nc3ccccc3s2)c1. The highest BCUT2D eigenvalue weighted by Crippen LogP contribution is 2.25. The highest BCUT2D eigenvalue weighted by Gasteiger charge is 2.08. The van der Waals surface area contributed by atoms with E-state index in [1.165, 1.54) is 11.3 Å². The molecular weight excluding hydrogens is 268 g/mol. The molecule has 0 fully saturated rings. The number of fused-ring (bicyclic) bond motifs is 1. The van der Waals surface area contributed by atoms with Gasteiger partial charge in [0.15, 0.2) is 5.13 Å². The van der Waals surface area contributed by atoms with Crippen molar-refractivity contribution in [2.24, 2.45) is 0 Å². The van der Waals surface area contributed by atoms with E-state index >= 15 is 0 Å². The quantitative estimate of drug-likeness (QED) is 0.794. The van der Waals surface area contributed by atoms with Gasteiger partial charge in [-0.15, -0.1) is 0 Å². The van der Waals surface area contributed by atoms with E-state index in [9.17, 15) is 4.79 Å². The number of nitrogens with zero attached hydrogens (tertiary/aromatic N) is 1. The number of carbonyl (C=O) groups is 1. The standard InChI is InChI=1S/C16H14N2OS/c1-11-5-4-6-12(9-11)10-15(19)18-16-17-13-7-2-3-8-14(13)20-16/h2-9H,10H2,1H3,(H,17,18,19). The normalized spacial score (nSPS) is 10.7. The number of amides is 1.